The first-order chi connectivity index (χ1) is 7.28. The standard InChI is InChI=1S/C15H26/c1-3-4-9-14-13(2)8-7-12-15(14)10-5-6-11-15/h7-8,13-14H,3-6,9-12H2,1-2H3/t13-,14+/m1/s1. The first-order valence-electron chi connectivity index (χ1n) is 6.95. The molecule has 2 rings (SSSR count). The molecule has 0 aliphatic heterocycles. The van der Waals surface area contributed by atoms with Crippen molar-refractivity contribution in [2.75, 3.05) is 0 Å². The second-order valence-electron chi connectivity index (χ2n) is 5.81. The van der Waals surface area contributed by atoms with Crippen LogP contribution in [0.1, 0.15) is 65.2 Å². The average Bonchev–Trinajstić information content (AvgIpc) is 2.67. The normalized spacial score (nSPS) is 33.7. The minimum atomic E-state index is 0.726. The smallest absolute Gasteiger partial charge is 0.0228 e. The van der Waals surface area contributed by atoms with Crippen LogP contribution in [0.5, 0.6) is 0 Å². The molecule has 15 heavy (non-hydrogen) atoms. The molecule has 86 valence electrons. The van der Waals surface area contributed by atoms with Crippen molar-refractivity contribution in [1.82, 2.24) is 0 Å². The van der Waals surface area contributed by atoms with Gasteiger partial charge in [0.25, 0.3) is 0 Å². The molecule has 0 N–H and O–H groups in total. The third-order valence-electron chi connectivity index (χ3n) is 4.85. The Morgan fingerprint density at radius 3 is 2.67 bits per heavy atom. The molecule has 0 amide bonds. The van der Waals surface area contributed by atoms with Crippen molar-refractivity contribution in [3.05, 3.63) is 12.2 Å². The Morgan fingerprint density at radius 2 is 2.00 bits per heavy atom. The summed E-state index contributed by atoms with van der Waals surface area (Å²) in [5.41, 5.74) is 0.726. The van der Waals surface area contributed by atoms with E-state index in [1.807, 2.05) is 0 Å². The minimum Gasteiger partial charge on any atom is -0.0877 e. The number of allylic oxidation sites excluding steroid dienone is 2. The van der Waals surface area contributed by atoms with Crippen molar-refractivity contribution in [1.29, 1.82) is 0 Å². The fourth-order valence-corrected chi connectivity index (χ4v) is 4.01. The first kappa shape index (κ1) is 11.2. The fraction of sp³-hybridized carbons (Fsp3) is 0.867. The summed E-state index contributed by atoms with van der Waals surface area (Å²) >= 11 is 0. The summed E-state index contributed by atoms with van der Waals surface area (Å²) in [7, 11) is 0. The summed E-state index contributed by atoms with van der Waals surface area (Å²) in [6.07, 6.45) is 16.6. The van der Waals surface area contributed by atoms with E-state index < -0.39 is 0 Å². The molecule has 2 aliphatic carbocycles. The summed E-state index contributed by atoms with van der Waals surface area (Å²) in [5.74, 6) is 1.83. The molecule has 1 fully saturated rings. The van der Waals surface area contributed by atoms with Gasteiger partial charge in [-0.2, -0.15) is 0 Å². The zero-order chi connectivity index (χ0) is 10.7. The van der Waals surface area contributed by atoms with Crippen LogP contribution in [0.15, 0.2) is 12.2 Å². The van der Waals surface area contributed by atoms with Crippen LogP contribution in [0.2, 0.25) is 0 Å². The van der Waals surface area contributed by atoms with Crippen LogP contribution in [0, 0.1) is 17.3 Å². The van der Waals surface area contributed by atoms with E-state index in [9.17, 15) is 0 Å². The highest BCUT2D eigenvalue weighted by atomic mass is 14.5. The Balaban J connectivity index is 2.09. The third-order valence-corrected chi connectivity index (χ3v) is 4.85. The first-order valence-corrected chi connectivity index (χ1v) is 6.95. The Morgan fingerprint density at radius 1 is 1.27 bits per heavy atom. The molecule has 2 aliphatic rings. The van der Waals surface area contributed by atoms with Gasteiger partial charge in [0, 0.05) is 0 Å². The lowest BCUT2D eigenvalue weighted by molar-refractivity contribution is 0.110. The summed E-state index contributed by atoms with van der Waals surface area (Å²) in [5, 5.41) is 0. The molecule has 0 nitrogen and oxygen atoms in total. The molecule has 2 atom stereocenters. The highest BCUT2D eigenvalue weighted by Gasteiger charge is 2.43. The van der Waals surface area contributed by atoms with Crippen molar-refractivity contribution in [2.45, 2.75) is 65.2 Å². The van der Waals surface area contributed by atoms with Crippen molar-refractivity contribution >= 4 is 0 Å². The highest BCUT2D eigenvalue weighted by Crippen LogP contribution is 2.53. The van der Waals surface area contributed by atoms with Crippen LogP contribution in [-0.2, 0) is 0 Å². The van der Waals surface area contributed by atoms with Gasteiger partial charge in [0.1, 0.15) is 0 Å². The second-order valence-corrected chi connectivity index (χ2v) is 5.81. The van der Waals surface area contributed by atoms with Gasteiger partial charge in [-0.25, -0.2) is 0 Å². The average molecular weight is 206 g/mol. The lowest BCUT2D eigenvalue weighted by Gasteiger charge is -2.43. The molecular formula is C15H26. The van der Waals surface area contributed by atoms with Gasteiger partial charge in [-0.1, -0.05) is 51.7 Å². The quantitative estimate of drug-likeness (QED) is 0.573. The molecule has 1 spiro atoms. The van der Waals surface area contributed by atoms with E-state index in [1.54, 1.807) is 0 Å². The van der Waals surface area contributed by atoms with Gasteiger partial charge in [-0.15, -0.1) is 0 Å². The Bertz CT molecular complexity index is 220. The molecule has 0 aromatic rings. The predicted octanol–water partition coefficient (Wildman–Crippen LogP) is 4.95. The van der Waals surface area contributed by atoms with Crippen LogP contribution in [-0.4, -0.2) is 0 Å². The third kappa shape index (κ3) is 2.14. The maximum atomic E-state index is 2.48. The largest absolute Gasteiger partial charge is 0.0877 e. The number of hydrogen-bond donors (Lipinski definition) is 0. The highest BCUT2D eigenvalue weighted by molar-refractivity contribution is 5.07. The Kier molecular flexibility index (Phi) is 3.53. The van der Waals surface area contributed by atoms with Crippen molar-refractivity contribution in [3.8, 4) is 0 Å². The van der Waals surface area contributed by atoms with E-state index in [1.165, 1.54) is 51.4 Å². The van der Waals surface area contributed by atoms with E-state index in [0.29, 0.717) is 0 Å². The van der Waals surface area contributed by atoms with Crippen molar-refractivity contribution in [3.63, 3.8) is 0 Å². The van der Waals surface area contributed by atoms with Gasteiger partial charge >= 0.3 is 0 Å². The maximum Gasteiger partial charge on any atom is -0.0228 e. The van der Waals surface area contributed by atoms with E-state index >= 15 is 0 Å². The molecule has 0 unspecified atom stereocenters. The zero-order valence-electron chi connectivity index (χ0n) is 10.5. The van der Waals surface area contributed by atoms with Crippen LogP contribution in [0.25, 0.3) is 0 Å². The van der Waals surface area contributed by atoms with Crippen LogP contribution in [0.3, 0.4) is 0 Å². The molecular weight excluding hydrogens is 180 g/mol. The number of hydrogen-bond acceptors (Lipinski definition) is 0. The van der Waals surface area contributed by atoms with Crippen LogP contribution in [0.4, 0.5) is 0 Å². The van der Waals surface area contributed by atoms with E-state index in [2.05, 4.69) is 26.0 Å². The Hall–Kier alpha value is -0.260. The summed E-state index contributed by atoms with van der Waals surface area (Å²) < 4.78 is 0. The molecule has 1 saturated carbocycles. The minimum absolute atomic E-state index is 0.726. The van der Waals surface area contributed by atoms with E-state index in [-0.39, 0.29) is 0 Å². The van der Waals surface area contributed by atoms with Gasteiger partial charge in [0.05, 0.1) is 0 Å². The Labute approximate surface area is 95.1 Å². The molecule has 0 saturated heterocycles. The van der Waals surface area contributed by atoms with Gasteiger partial charge in [-0.3, -0.25) is 0 Å². The lowest BCUT2D eigenvalue weighted by Crippen LogP contribution is -2.34. The zero-order valence-corrected chi connectivity index (χ0v) is 10.5. The van der Waals surface area contributed by atoms with Gasteiger partial charge < -0.3 is 0 Å². The lowest BCUT2D eigenvalue weighted by atomic mass is 9.62. The summed E-state index contributed by atoms with van der Waals surface area (Å²) in [4.78, 5) is 0. The van der Waals surface area contributed by atoms with Gasteiger partial charge in [0.2, 0.25) is 0 Å². The van der Waals surface area contributed by atoms with Crippen molar-refractivity contribution < 1.29 is 0 Å². The molecule has 0 bridgehead atoms. The van der Waals surface area contributed by atoms with Gasteiger partial charge in [0.15, 0.2) is 0 Å². The fourth-order valence-electron chi connectivity index (χ4n) is 4.01. The molecule has 0 heteroatoms. The number of unbranched alkanes of at least 4 members (excludes halogenated alkanes) is 1. The molecule has 0 aromatic carbocycles. The monoisotopic (exact) mass is 206 g/mol. The van der Waals surface area contributed by atoms with Crippen molar-refractivity contribution in [2.24, 2.45) is 17.3 Å². The second kappa shape index (κ2) is 4.72. The van der Waals surface area contributed by atoms with Crippen LogP contribution < -0.4 is 0 Å². The SMILES string of the molecule is CCCC[C@H]1[C@H](C)C=CCC12CCCC2. The molecule has 0 heterocycles. The van der Waals surface area contributed by atoms with E-state index in [4.69, 9.17) is 0 Å². The molecule has 0 aromatic heterocycles. The maximum absolute atomic E-state index is 2.48. The molecule has 0 radical (unpaired) electrons. The number of rotatable bonds is 3. The van der Waals surface area contributed by atoms with Gasteiger partial charge in [-0.05, 0) is 42.9 Å². The van der Waals surface area contributed by atoms with E-state index in [0.717, 1.165) is 17.3 Å². The predicted molar refractivity (Wildman–Crippen MR) is 66.8 cm³/mol. The van der Waals surface area contributed by atoms with Crippen LogP contribution >= 0.6 is 0 Å². The summed E-state index contributed by atoms with van der Waals surface area (Å²) in [6, 6.07) is 0. The topological polar surface area (TPSA) is 0 Å². The summed E-state index contributed by atoms with van der Waals surface area (Å²) in [6.45, 7) is 4.76.